The second-order valence-electron chi connectivity index (χ2n) is 7.72. The number of hydrogen-bond acceptors (Lipinski definition) is 9. The Balaban J connectivity index is 1.82. The van der Waals surface area contributed by atoms with Crippen molar-refractivity contribution in [2.75, 3.05) is 37.5 Å². The molecule has 1 amide bonds. The second-order valence-corrected chi connectivity index (χ2v) is 7.72. The van der Waals surface area contributed by atoms with Crippen LogP contribution in [0.2, 0.25) is 0 Å². The number of carbonyl (C=O) groups excluding carboxylic acids is 2. The van der Waals surface area contributed by atoms with Gasteiger partial charge in [-0.1, -0.05) is 18.6 Å². The van der Waals surface area contributed by atoms with E-state index >= 15 is 0 Å². The predicted molar refractivity (Wildman–Crippen MR) is 128 cm³/mol. The molecule has 0 saturated carbocycles. The number of carbonyl (C=O) groups is 2. The number of esters is 1. The van der Waals surface area contributed by atoms with Crippen molar-refractivity contribution in [1.29, 1.82) is 0 Å². The van der Waals surface area contributed by atoms with Crippen LogP contribution in [0.3, 0.4) is 0 Å². The summed E-state index contributed by atoms with van der Waals surface area (Å²) in [7, 11) is 1.43. The van der Waals surface area contributed by atoms with Gasteiger partial charge >= 0.3 is 11.7 Å². The van der Waals surface area contributed by atoms with Crippen molar-refractivity contribution >= 4 is 34.4 Å². The molecule has 0 aliphatic heterocycles. The number of aromatic nitrogens is 5. The molecule has 35 heavy (non-hydrogen) atoms. The van der Waals surface area contributed by atoms with Gasteiger partial charge in [0.2, 0.25) is 0 Å². The monoisotopic (exact) mass is 487 g/mol. The Bertz CT molecular complexity index is 1330. The van der Waals surface area contributed by atoms with E-state index in [1.807, 2.05) is 13.8 Å². The molecule has 3 aromatic rings. The Morgan fingerprint density at radius 3 is 2.69 bits per heavy atom. The Morgan fingerprint density at radius 2 is 2.00 bits per heavy atom. The maximum atomic E-state index is 13.0. The average Bonchev–Trinajstić information content (AvgIpc) is 3.26. The highest BCUT2D eigenvalue weighted by atomic mass is 16.5. The topological polar surface area (TPSA) is 167 Å². The van der Waals surface area contributed by atoms with Gasteiger partial charge in [-0.25, -0.2) is 14.3 Å². The molecule has 0 atom stereocenters. The Hall–Kier alpha value is -4.00. The van der Waals surface area contributed by atoms with Crippen molar-refractivity contribution in [3.63, 3.8) is 0 Å². The van der Waals surface area contributed by atoms with Gasteiger partial charge in [0, 0.05) is 26.7 Å². The third kappa shape index (κ3) is 5.57. The predicted octanol–water partition coefficient (Wildman–Crippen LogP) is 0.520. The van der Waals surface area contributed by atoms with Crippen LogP contribution >= 0.6 is 0 Å². The zero-order valence-corrected chi connectivity index (χ0v) is 19.9. The number of unbranched alkanes of at least 4 members (excludes halogenated alkanes) is 1. The second kappa shape index (κ2) is 11.4. The molecule has 188 valence electrons. The number of nitrogens with one attached hydrogen (secondary N) is 1. The maximum absolute atomic E-state index is 13.0. The number of nitrogens with two attached hydrogens (primary N) is 1. The molecule has 13 heteroatoms. The lowest BCUT2D eigenvalue weighted by Crippen LogP contribution is -2.44. The molecule has 0 saturated heterocycles. The number of nitrogen functional groups attached to an aromatic ring is 1. The molecule has 0 unspecified atom stereocenters. The molecular weight excluding hydrogens is 458 g/mol. The fourth-order valence-corrected chi connectivity index (χ4v) is 3.54. The molecule has 3 rings (SSSR count). The van der Waals surface area contributed by atoms with Crippen LogP contribution in [0, 0.1) is 0 Å². The van der Waals surface area contributed by atoms with Gasteiger partial charge < -0.3 is 15.2 Å². The SMILES string of the molecule is CCCCn1c(N)c(N(CCOC)C(=O)COC(=O)c2ccc3c(c2)nnn3CC)c(=O)[nH]c1=O. The van der Waals surface area contributed by atoms with Crippen LogP contribution in [0.15, 0.2) is 27.8 Å². The molecule has 0 bridgehead atoms. The third-order valence-electron chi connectivity index (χ3n) is 5.42. The highest BCUT2D eigenvalue weighted by molar-refractivity contribution is 5.99. The Morgan fingerprint density at radius 1 is 1.23 bits per heavy atom. The summed E-state index contributed by atoms with van der Waals surface area (Å²) in [6.07, 6.45) is 1.44. The van der Waals surface area contributed by atoms with E-state index in [0.29, 0.717) is 18.5 Å². The summed E-state index contributed by atoms with van der Waals surface area (Å²) in [4.78, 5) is 53.7. The highest BCUT2D eigenvalue weighted by Gasteiger charge is 2.25. The van der Waals surface area contributed by atoms with Crippen LogP contribution in [0.5, 0.6) is 0 Å². The van der Waals surface area contributed by atoms with E-state index in [1.54, 1.807) is 16.8 Å². The van der Waals surface area contributed by atoms with E-state index < -0.39 is 29.7 Å². The summed E-state index contributed by atoms with van der Waals surface area (Å²) >= 11 is 0. The number of anilines is 2. The molecule has 2 heterocycles. The minimum absolute atomic E-state index is 0.0434. The van der Waals surface area contributed by atoms with Gasteiger partial charge in [0.15, 0.2) is 12.3 Å². The fraction of sp³-hybridized carbons (Fsp3) is 0.455. The van der Waals surface area contributed by atoms with Crippen LogP contribution in [-0.4, -0.2) is 63.3 Å². The number of fused-ring (bicyclic) bond motifs is 1. The lowest BCUT2D eigenvalue weighted by molar-refractivity contribution is -0.121. The van der Waals surface area contributed by atoms with E-state index in [0.717, 1.165) is 16.8 Å². The zero-order valence-electron chi connectivity index (χ0n) is 19.9. The quantitative estimate of drug-likeness (QED) is 0.366. The van der Waals surface area contributed by atoms with Gasteiger partial charge in [-0.05, 0) is 31.5 Å². The molecule has 1 aromatic carbocycles. The number of ether oxygens (including phenoxy) is 2. The number of aryl methyl sites for hydroxylation is 1. The van der Waals surface area contributed by atoms with Crippen molar-refractivity contribution in [2.24, 2.45) is 0 Å². The van der Waals surface area contributed by atoms with Crippen molar-refractivity contribution in [3.8, 4) is 0 Å². The molecule has 0 fully saturated rings. The van der Waals surface area contributed by atoms with E-state index in [2.05, 4.69) is 15.3 Å². The van der Waals surface area contributed by atoms with E-state index in [1.165, 1.54) is 17.7 Å². The van der Waals surface area contributed by atoms with Crippen LogP contribution in [-0.2, 0) is 27.4 Å². The molecule has 0 radical (unpaired) electrons. The molecular formula is C22H29N7O6. The van der Waals surface area contributed by atoms with Gasteiger partial charge in [-0.2, -0.15) is 0 Å². The van der Waals surface area contributed by atoms with Crippen molar-refractivity contribution in [3.05, 3.63) is 44.6 Å². The largest absolute Gasteiger partial charge is 0.452 e. The minimum atomic E-state index is -0.819. The number of benzene rings is 1. The first-order valence-corrected chi connectivity index (χ1v) is 11.2. The number of amides is 1. The molecule has 3 N–H and O–H groups in total. The molecule has 0 aliphatic rings. The van der Waals surface area contributed by atoms with Gasteiger partial charge in [-0.15, -0.1) is 5.10 Å². The van der Waals surface area contributed by atoms with Crippen molar-refractivity contribution < 1.29 is 19.1 Å². The summed E-state index contributed by atoms with van der Waals surface area (Å²) in [6, 6.07) is 4.78. The summed E-state index contributed by atoms with van der Waals surface area (Å²) < 4.78 is 13.1. The normalized spacial score (nSPS) is 11.1. The smallest absolute Gasteiger partial charge is 0.338 e. The molecule has 13 nitrogen and oxygen atoms in total. The molecule has 0 spiro atoms. The first-order chi connectivity index (χ1) is 16.8. The number of methoxy groups -OCH3 is 1. The average molecular weight is 488 g/mol. The van der Waals surface area contributed by atoms with Gasteiger partial charge in [0.1, 0.15) is 11.3 Å². The Kier molecular flexibility index (Phi) is 8.36. The Labute approximate surface area is 200 Å². The third-order valence-corrected chi connectivity index (χ3v) is 5.42. The summed E-state index contributed by atoms with van der Waals surface area (Å²) in [5, 5.41) is 8.02. The molecule has 0 aliphatic carbocycles. The van der Waals surface area contributed by atoms with Gasteiger partial charge in [0.25, 0.3) is 11.5 Å². The van der Waals surface area contributed by atoms with Crippen LogP contribution in [0.4, 0.5) is 11.5 Å². The van der Waals surface area contributed by atoms with E-state index in [9.17, 15) is 19.2 Å². The summed E-state index contributed by atoms with van der Waals surface area (Å²) in [6.45, 7) is 4.15. The number of nitrogens with zero attached hydrogens (tertiary/aromatic N) is 5. The number of H-pyrrole nitrogens is 1. The molecule has 2 aromatic heterocycles. The first-order valence-electron chi connectivity index (χ1n) is 11.2. The zero-order chi connectivity index (χ0) is 25.5. The lowest BCUT2D eigenvalue weighted by Gasteiger charge is -2.24. The fourth-order valence-electron chi connectivity index (χ4n) is 3.54. The highest BCUT2D eigenvalue weighted by Crippen LogP contribution is 2.18. The number of aromatic amines is 1. The maximum Gasteiger partial charge on any atom is 0.338 e. The minimum Gasteiger partial charge on any atom is -0.452 e. The number of hydrogen-bond donors (Lipinski definition) is 2. The van der Waals surface area contributed by atoms with Crippen LogP contribution < -0.4 is 21.9 Å². The standard InChI is InChI=1S/C22H29N7O6/c1-4-6-9-28-19(23)18(20(31)24-22(28)33)27(10-11-34-3)17(30)13-35-21(32)14-7-8-16-15(12-14)25-26-29(16)5-2/h7-8,12H,4-6,9-11,13,23H2,1-3H3,(H,24,31,33). The van der Waals surface area contributed by atoms with Gasteiger partial charge in [0.05, 0.1) is 17.7 Å². The van der Waals surface area contributed by atoms with Crippen LogP contribution in [0.1, 0.15) is 37.0 Å². The van der Waals surface area contributed by atoms with Crippen molar-refractivity contribution in [1.82, 2.24) is 24.5 Å². The van der Waals surface area contributed by atoms with Crippen molar-refractivity contribution in [2.45, 2.75) is 39.8 Å². The van der Waals surface area contributed by atoms with E-state index in [4.69, 9.17) is 15.2 Å². The van der Waals surface area contributed by atoms with Gasteiger partial charge in [-0.3, -0.25) is 24.0 Å². The lowest BCUT2D eigenvalue weighted by atomic mass is 10.2. The van der Waals surface area contributed by atoms with Crippen LogP contribution in [0.25, 0.3) is 11.0 Å². The first kappa shape index (κ1) is 25.6. The number of rotatable bonds is 11. The summed E-state index contributed by atoms with van der Waals surface area (Å²) in [5.41, 5.74) is 5.93. The van der Waals surface area contributed by atoms with E-state index in [-0.39, 0.29) is 36.8 Å². The summed E-state index contributed by atoms with van der Waals surface area (Å²) in [5.74, 6) is -1.59.